The van der Waals surface area contributed by atoms with Crippen molar-refractivity contribution in [2.75, 3.05) is 6.54 Å². The Bertz CT molecular complexity index is 597. The van der Waals surface area contributed by atoms with Gasteiger partial charge in [0, 0.05) is 37.3 Å². The fourth-order valence-electron chi connectivity index (χ4n) is 1.71. The van der Waals surface area contributed by atoms with Crippen LogP contribution in [-0.4, -0.2) is 22.0 Å². The molecule has 0 aliphatic carbocycles. The molecular formula is C13H14ClN3OS. The Labute approximate surface area is 122 Å². The van der Waals surface area contributed by atoms with Crippen LogP contribution in [0.1, 0.15) is 16.2 Å². The van der Waals surface area contributed by atoms with Gasteiger partial charge in [0.2, 0.25) is 0 Å². The van der Waals surface area contributed by atoms with E-state index in [2.05, 4.69) is 22.9 Å². The summed E-state index contributed by atoms with van der Waals surface area (Å²) in [7, 11) is 1.92. The van der Waals surface area contributed by atoms with Crippen molar-refractivity contribution in [3.8, 4) is 0 Å². The van der Waals surface area contributed by atoms with Gasteiger partial charge in [-0.25, -0.2) is 4.98 Å². The van der Waals surface area contributed by atoms with Crippen molar-refractivity contribution in [3.05, 3.63) is 47.0 Å². The van der Waals surface area contributed by atoms with Gasteiger partial charge in [0.1, 0.15) is 5.82 Å². The van der Waals surface area contributed by atoms with E-state index in [0.717, 1.165) is 5.82 Å². The SMILES string of the molecule is Cn1ccnc1CCNC(=O)c1cc(S)ccc1Cl. The topological polar surface area (TPSA) is 46.9 Å². The standard InChI is InChI=1S/C13H14ClN3OS/c1-17-7-6-15-12(17)4-5-16-13(18)10-8-9(19)2-3-11(10)14/h2-3,6-8,19H,4-5H2,1H3,(H,16,18). The predicted molar refractivity (Wildman–Crippen MR) is 77.9 cm³/mol. The first kappa shape index (κ1) is 14.0. The van der Waals surface area contributed by atoms with Crippen LogP contribution in [0.15, 0.2) is 35.5 Å². The Kier molecular flexibility index (Phi) is 4.50. The molecule has 0 saturated carbocycles. The molecule has 1 N–H and O–H groups in total. The molecule has 2 rings (SSSR count). The molecule has 19 heavy (non-hydrogen) atoms. The van der Waals surface area contributed by atoms with Gasteiger partial charge in [0.15, 0.2) is 0 Å². The van der Waals surface area contributed by atoms with E-state index in [0.29, 0.717) is 28.4 Å². The van der Waals surface area contributed by atoms with Crippen LogP contribution in [0.4, 0.5) is 0 Å². The lowest BCUT2D eigenvalue weighted by molar-refractivity contribution is 0.0954. The fraction of sp³-hybridized carbons (Fsp3) is 0.231. The van der Waals surface area contributed by atoms with Gasteiger partial charge in [-0.15, -0.1) is 12.6 Å². The quantitative estimate of drug-likeness (QED) is 0.851. The molecule has 0 radical (unpaired) electrons. The van der Waals surface area contributed by atoms with Crippen LogP contribution >= 0.6 is 24.2 Å². The third-order valence-electron chi connectivity index (χ3n) is 2.75. The second kappa shape index (κ2) is 6.12. The monoisotopic (exact) mass is 295 g/mol. The van der Waals surface area contributed by atoms with E-state index in [9.17, 15) is 4.79 Å². The van der Waals surface area contributed by atoms with Crippen molar-refractivity contribution in [3.63, 3.8) is 0 Å². The normalized spacial score (nSPS) is 10.5. The molecule has 100 valence electrons. The van der Waals surface area contributed by atoms with Crippen LogP contribution < -0.4 is 5.32 Å². The van der Waals surface area contributed by atoms with E-state index in [1.807, 2.05) is 17.8 Å². The maximum atomic E-state index is 12.0. The number of carbonyl (C=O) groups excluding carboxylic acids is 1. The molecule has 0 bridgehead atoms. The zero-order valence-electron chi connectivity index (χ0n) is 10.4. The highest BCUT2D eigenvalue weighted by atomic mass is 35.5. The summed E-state index contributed by atoms with van der Waals surface area (Å²) in [5.74, 6) is 0.726. The lowest BCUT2D eigenvalue weighted by Gasteiger charge is -2.07. The molecule has 1 aromatic heterocycles. The molecular weight excluding hydrogens is 282 g/mol. The van der Waals surface area contributed by atoms with Gasteiger partial charge >= 0.3 is 0 Å². The smallest absolute Gasteiger partial charge is 0.252 e. The highest BCUT2D eigenvalue weighted by molar-refractivity contribution is 7.80. The number of amides is 1. The van der Waals surface area contributed by atoms with Crippen molar-refractivity contribution in [1.82, 2.24) is 14.9 Å². The fourth-order valence-corrected chi connectivity index (χ4v) is 2.11. The third kappa shape index (κ3) is 3.52. The van der Waals surface area contributed by atoms with Crippen LogP contribution in [0.3, 0.4) is 0 Å². The molecule has 2 aromatic rings. The summed E-state index contributed by atoms with van der Waals surface area (Å²) in [5, 5.41) is 3.25. The van der Waals surface area contributed by atoms with Gasteiger partial charge in [-0.05, 0) is 18.2 Å². The van der Waals surface area contributed by atoms with Crippen molar-refractivity contribution in [2.24, 2.45) is 7.05 Å². The van der Waals surface area contributed by atoms with Gasteiger partial charge in [-0.1, -0.05) is 11.6 Å². The highest BCUT2D eigenvalue weighted by Crippen LogP contribution is 2.19. The molecule has 1 aromatic carbocycles. The van der Waals surface area contributed by atoms with Crippen LogP contribution in [0.2, 0.25) is 5.02 Å². The van der Waals surface area contributed by atoms with E-state index in [-0.39, 0.29) is 5.91 Å². The number of rotatable bonds is 4. The molecule has 1 amide bonds. The Morgan fingerprint density at radius 2 is 2.32 bits per heavy atom. The summed E-state index contributed by atoms with van der Waals surface area (Å²) in [5.41, 5.74) is 0.439. The van der Waals surface area contributed by atoms with Crippen molar-refractivity contribution in [2.45, 2.75) is 11.3 Å². The first-order valence-electron chi connectivity index (χ1n) is 5.81. The number of nitrogens with zero attached hydrogens (tertiary/aromatic N) is 2. The summed E-state index contributed by atoms with van der Waals surface area (Å²) in [6.07, 6.45) is 4.28. The van der Waals surface area contributed by atoms with Gasteiger partial charge < -0.3 is 9.88 Å². The minimum atomic E-state index is -0.199. The summed E-state index contributed by atoms with van der Waals surface area (Å²) in [6.45, 7) is 0.511. The van der Waals surface area contributed by atoms with Crippen LogP contribution in [0.5, 0.6) is 0 Å². The van der Waals surface area contributed by atoms with E-state index in [1.165, 1.54) is 0 Å². The Morgan fingerprint density at radius 3 is 3.00 bits per heavy atom. The van der Waals surface area contributed by atoms with E-state index in [4.69, 9.17) is 11.6 Å². The van der Waals surface area contributed by atoms with Gasteiger partial charge in [0.25, 0.3) is 5.91 Å². The Hall–Kier alpha value is -1.46. The minimum absolute atomic E-state index is 0.199. The summed E-state index contributed by atoms with van der Waals surface area (Å²) in [4.78, 5) is 16.9. The minimum Gasteiger partial charge on any atom is -0.352 e. The number of halogens is 1. The summed E-state index contributed by atoms with van der Waals surface area (Å²) < 4.78 is 1.92. The molecule has 0 atom stereocenters. The lowest BCUT2D eigenvalue weighted by atomic mass is 10.2. The maximum Gasteiger partial charge on any atom is 0.252 e. The Balaban J connectivity index is 1.94. The number of hydrogen-bond acceptors (Lipinski definition) is 3. The molecule has 0 aliphatic rings. The summed E-state index contributed by atoms with van der Waals surface area (Å²) >= 11 is 10.2. The molecule has 0 saturated heterocycles. The first-order valence-corrected chi connectivity index (χ1v) is 6.63. The number of aromatic nitrogens is 2. The number of imidazole rings is 1. The second-order valence-electron chi connectivity index (χ2n) is 4.12. The molecule has 6 heteroatoms. The highest BCUT2D eigenvalue weighted by Gasteiger charge is 2.10. The van der Waals surface area contributed by atoms with Crippen molar-refractivity contribution >= 4 is 30.1 Å². The number of thiol groups is 1. The molecule has 0 unspecified atom stereocenters. The number of aryl methyl sites for hydroxylation is 1. The van der Waals surface area contributed by atoms with E-state index in [1.54, 1.807) is 24.4 Å². The average molecular weight is 296 g/mol. The first-order chi connectivity index (χ1) is 9.08. The van der Waals surface area contributed by atoms with E-state index >= 15 is 0 Å². The molecule has 0 aliphatic heterocycles. The second-order valence-corrected chi connectivity index (χ2v) is 5.05. The predicted octanol–water partition coefficient (Wildman–Crippen LogP) is 2.33. The van der Waals surface area contributed by atoms with Crippen LogP contribution in [0.25, 0.3) is 0 Å². The third-order valence-corrected chi connectivity index (χ3v) is 3.36. The number of nitrogens with one attached hydrogen (secondary N) is 1. The van der Waals surface area contributed by atoms with Gasteiger partial charge in [-0.2, -0.15) is 0 Å². The molecule has 0 fully saturated rings. The van der Waals surface area contributed by atoms with Gasteiger partial charge in [-0.3, -0.25) is 4.79 Å². The lowest BCUT2D eigenvalue weighted by Crippen LogP contribution is -2.26. The number of hydrogen-bond donors (Lipinski definition) is 2. The van der Waals surface area contributed by atoms with E-state index < -0.39 is 0 Å². The molecule has 4 nitrogen and oxygen atoms in total. The average Bonchev–Trinajstić information content (AvgIpc) is 2.78. The zero-order valence-corrected chi connectivity index (χ0v) is 12.1. The van der Waals surface area contributed by atoms with Crippen LogP contribution in [-0.2, 0) is 13.5 Å². The largest absolute Gasteiger partial charge is 0.352 e. The van der Waals surface area contributed by atoms with Crippen molar-refractivity contribution < 1.29 is 4.79 Å². The molecule has 1 heterocycles. The summed E-state index contributed by atoms with van der Waals surface area (Å²) in [6, 6.07) is 5.06. The molecule has 0 spiro atoms. The zero-order chi connectivity index (χ0) is 13.8. The Morgan fingerprint density at radius 1 is 1.53 bits per heavy atom. The number of carbonyl (C=O) groups is 1. The van der Waals surface area contributed by atoms with Crippen molar-refractivity contribution in [1.29, 1.82) is 0 Å². The maximum absolute atomic E-state index is 12.0. The van der Waals surface area contributed by atoms with Crippen LogP contribution in [0, 0.1) is 0 Å². The van der Waals surface area contributed by atoms with Gasteiger partial charge in [0.05, 0.1) is 10.6 Å². The number of benzene rings is 1.